The summed E-state index contributed by atoms with van der Waals surface area (Å²) in [5, 5.41) is 22.3. The van der Waals surface area contributed by atoms with Gasteiger partial charge in [-0.1, -0.05) is 13.0 Å². The number of benzene rings is 2. The highest BCUT2D eigenvalue weighted by Crippen LogP contribution is 2.42. The van der Waals surface area contributed by atoms with Gasteiger partial charge in [0, 0.05) is 37.8 Å². The van der Waals surface area contributed by atoms with Crippen LogP contribution in [0.25, 0.3) is 32.9 Å². The van der Waals surface area contributed by atoms with Gasteiger partial charge in [-0.15, -0.1) is 0 Å². The van der Waals surface area contributed by atoms with Crippen molar-refractivity contribution in [2.75, 3.05) is 37.7 Å². The number of hydrogen-bond donors (Lipinski definition) is 2. The van der Waals surface area contributed by atoms with Gasteiger partial charge in [0.25, 0.3) is 0 Å². The molecule has 8 nitrogen and oxygen atoms in total. The number of fused-ring (bicyclic) bond motifs is 3. The Labute approximate surface area is 247 Å². The molecule has 3 aliphatic rings. The Morgan fingerprint density at radius 3 is 2.79 bits per heavy atom. The number of piperidine rings is 1. The molecule has 11 heteroatoms. The number of aryl methyl sites for hydroxylation is 1. The molecule has 0 aliphatic carbocycles. The number of hydrogen-bond acceptors (Lipinski definition) is 8. The van der Waals surface area contributed by atoms with Gasteiger partial charge in [0.2, 0.25) is 0 Å². The van der Waals surface area contributed by atoms with Crippen LogP contribution < -0.4 is 9.64 Å². The van der Waals surface area contributed by atoms with Crippen LogP contribution in [0.2, 0.25) is 0 Å². The minimum Gasteiger partial charge on any atom is -0.508 e. The summed E-state index contributed by atoms with van der Waals surface area (Å²) in [5.74, 6) is -0.884. The Balaban J connectivity index is 1.37. The zero-order chi connectivity index (χ0) is 29.9. The number of aromatic hydroxyl groups is 1. The molecule has 3 fully saturated rings. The number of alkyl halides is 1. The minimum absolute atomic E-state index is 0.0356. The van der Waals surface area contributed by atoms with Crippen LogP contribution >= 0.6 is 0 Å². The molecule has 4 aromatic rings. The lowest BCUT2D eigenvalue weighted by atomic mass is 9.94. The summed E-state index contributed by atoms with van der Waals surface area (Å²) >= 11 is 0. The first-order valence-corrected chi connectivity index (χ1v) is 15.0. The van der Waals surface area contributed by atoms with Gasteiger partial charge < -0.3 is 19.8 Å². The van der Waals surface area contributed by atoms with Crippen LogP contribution in [0.3, 0.4) is 0 Å². The van der Waals surface area contributed by atoms with Crippen molar-refractivity contribution >= 4 is 27.5 Å². The Morgan fingerprint density at radius 1 is 1.12 bits per heavy atom. The van der Waals surface area contributed by atoms with Crippen LogP contribution in [-0.4, -0.2) is 80.7 Å². The lowest BCUT2D eigenvalue weighted by Crippen LogP contribution is -2.43. The Morgan fingerprint density at radius 2 is 1.98 bits per heavy atom. The molecule has 43 heavy (non-hydrogen) atoms. The molecule has 3 aliphatic heterocycles. The molecule has 0 radical (unpaired) electrons. The van der Waals surface area contributed by atoms with E-state index in [0.29, 0.717) is 66.4 Å². The molecule has 5 heterocycles. The van der Waals surface area contributed by atoms with Crippen LogP contribution in [0.5, 0.6) is 11.8 Å². The largest absolute Gasteiger partial charge is 0.508 e. The highest BCUT2D eigenvalue weighted by Gasteiger charge is 2.49. The highest BCUT2D eigenvalue weighted by atomic mass is 19.1. The van der Waals surface area contributed by atoms with E-state index in [4.69, 9.17) is 4.74 Å². The molecule has 0 unspecified atom stereocenters. The zero-order valence-electron chi connectivity index (χ0n) is 24.0. The molecule has 2 aromatic heterocycles. The van der Waals surface area contributed by atoms with Crippen molar-refractivity contribution in [1.82, 2.24) is 19.9 Å². The standard InChI is InChI=1S/C32H34F3N5O3/c1-2-22-25(34)7-6-18-11-21(42)12-23(26(18)22)28-27(35)29-24(14-36-28)30(39-9-3-5-20(41)16-39)38-31(37-29)43-17-32-8-4-10-40(32)15-19(33)13-32/h6-7,11-12,14,19-20,41-42H,2-5,8-10,13,15-17H2,1H3/t19-,20-,32+/m1/s1. The van der Waals surface area contributed by atoms with Crippen molar-refractivity contribution in [2.24, 2.45) is 0 Å². The third-order valence-corrected chi connectivity index (χ3v) is 9.33. The van der Waals surface area contributed by atoms with Crippen LogP contribution in [-0.2, 0) is 6.42 Å². The van der Waals surface area contributed by atoms with Gasteiger partial charge in [-0.25, -0.2) is 13.2 Å². The van der Waals surface area contributed by atoms with E-state index in [1.54, 1.807) is 6.07 Å². The smallest absolute Gasteiger partial charge is 0.319 e. The monoisotopic (exact) mass is 593 g/mol. The van der Waals surface area contributed by atoms with Gasteiger partial charge in [-0.3, -0.25) is 9.88 Å². The van der Waals surface area contributed by atoms with E-state index in [0.717, 1.165) is 25.8 Å². The number of aliphatic hydroxyl groups is 1. The first kappa shape index (κ1) is 28.1. The van der Waals surface area contributed by atoms with Crippen LogP contribution in [0, 0.1) is 11.6 Å². The maximum atomic E-state index is 16.7. The normalized spacial score (nSPS) is 24.3. The van der Waals surface area contributed by atoms with Gasteiger partial charge in [-0.05, 0) is 73.2 Å². The number of nitrogens with zero attached hydrogens (tertiary/aromatic N) is 5. The van der Waals surface area contributed by atoms with Crippen molar-refractivity contribution in [2.45, 2.75) is 63.3 Å². The molecule has 3 saturated heterocycles. The quantitative estimate of drug-likeness (QED) is 0.311. The predicted octanol–water partition coefficient (Wildman–Crippen LogP) is 5.31. The molecule has 7 rings (SSSR count). The molecule has 0 bridgehead atoms. The summed E-state index contributed by atoms with van der Waals surface area (Å²) in [4.78, 5) is 17.7. The number of rotatable bonds is 6. The Bertz CT molecular complexity index is 1720. The molecule has 226 valence electrons. The van der Waals surface area contributed by atoms with E-state index in [9.17, 15) is 19.0 Å². The molecule has 3 atom stereocenters. The van der Waals surface area contributed by atoms with Gasteiger partial charge in [0.1, 0.15) is 41.4 Å². The van der Waals surface area contributed by atoms with E-state index in [1.165, 1.54) is 24.4 Å². The van der Waals surface area contributed by atoms with E-state index in [-0.39, 0.29) is 35.1 Å². The van der Waals surface area contributed by atoms with Gasteiger partial charge in [0.15, 0.2) is 5.82 Å². The summed E-state index contributed by atoms with van der Waals surface area (Å²) in [6.07, 6.45) is 3.86. The summed E-state index contributed by atoms with van der Waals surface area (Å²) in [7, 11) is 0. The first-order valence-electron chi connectivity index (χ1n) is 15.0. The van der Waals surface area contributed by atoms with Crippen LogP contribution in [0.15, 0.2) is 30.5 Å². The van der Waals surface area contributed by atoms with Gasteiger partial charge in [0.05, 0.1) is 17.0 Å². The Hall–Kier alpha value is -3.70. The Kier molecular flexibility index (Phi) is 7.04. The zero-order valence-corrected chi connectivity index (χ0v) is 24.0. The lowest BCUT2D eigenvalue weighted by Gasteiger charge is -2.32. The fourth-order valence-corrected chi connectivity index (χ4v) is 7.34. The van der Waals surface area contributed by atoms with Crippen molar-refractivity contribution in [3.05, 3.63) is 47.7 Å². The lowest BCUT2D eigenvalue weighted by molar-refractivity contribution is 0.107. The average Bonchev–Trinajstić information content (AvgIpc) is 3.51. The third-order valence-electron chi connectivity index (χ3n) is 9.33. The predicted molar refractivity (Wildman–Crippen MR) is 157 cm³/mol. The van der Waals surface area contributed by atoms with E-state index >= 15 is 4.39 Å². The maximum Gasteiger partial charge on any atom is 0.319 e. The number of anilines is 1. The number of aromatic nitrogens is 3. The summed E-state index contributed by atoms with van der Waals surface area (Å²) in [6.45, 7) is 4.09. The number of phenols is 1. The molecule has 2 aromatic carbocycles. The van der Waals surface area contributed by atoms with Crippen molar-refractivity contribution < 1.29 is 28.1 Å². The van der Waals surface area contributed by atoms with E-state index in [1.807, 2.05) is 11.8 Å². The summed E-state index contributed by atoms with van der Waals surface area (Å²) in [5.41, 5.74) is 0.0856. The van der Waals surface area contributed by atoms with Crippen molar-refractivity contribution in [3.63, 3.8) is 0 Å². The summed E-state index contributed by atoms with van der Waals surface area (Å²) in [6, 6.07) is 5.76. The second kappa shape index (κ2) is 10.8. The molecule has 2 N–H and O–H groups in total. The van der Waals surface area contributed by atoms with E-state index < -0.39 is 29.4 Å². The van der Waals surface area contributed by atoms with Gasteiger partial charge >= 0.3 is 6.01 Å². The fraction of sp³-hybridized carbons (Fsp3) is 0.469. The van der Waals surface area contributed by atoms with Gasteiger partial charge in [-0.2, -0.15) is 9.97 Å². The molecule has 0 saturated carbocycles. The number of phenolic OH excluding ortho intramolecular Hbond substituents is 1. The molecular weight excluding hydrogens is 559 g/mol. The molecular formula is C32H34F3N5O3. The average molecular weight is 594 g/mol. The highest BCUT2D eigenvalue weighted by molar-refractivity contribution is 6.01. The minimum atomic E-state index is -0.923. The topological polar surface area (TPSA) is 94.8 Å². The maximum absolute atomic E-state index is 16.7. The van der Waals surface area contributed by atoms with Crippen molar-refractivity contribution in [1.29, 1.82) is 0 Å². The second-order valence-corrected chi connectivity index (χ2v) is 12.1. The first-order chi connectivity index (χ1) is 20.8. The number of ether oxygens (including phenoxy) is 1. The molecule has 0 spiro atoms. The number of β-amino-alcohol motifs (C(OH)–C–C–N with tert-alkyl or cyclic N) is 1. The van der Waals surface area contributed by atoms with E-state index in [2.05, 4.69) is 19.9 Å². The number of pyridine rings is 1. The fourth-order valence-electron chi connectivity index (χ4n) is 7.34. The molecule has 0 amide bonds. The number of aliphatic hydroxyl groups excluding tert-OH is 1. The van der Waals surface area contributed by atoms with Crippen molar-refractivity contribution in [3.8, 4) is 23.0 Å². The SMILES string of the molecule is CCc1c(F)ccc2cc(O)cc(-c3ncc4c(N5CCC[C@@H](O)C5)nc(OC[C@@]56CCCN5C[C@H](F)C6)nc4c3F)c12. The van der Waals surface area contributed by atoms with Crippen LogP contribution in [0.4, 0.5) is 19.0 Å². The summed E-state index contributed by atoms with van der Waals surface area (Å²) < 4.78 is 52.1. The second-order valence-electron chi connectivity index (χ2n) is 12.1. The third kappa shape index (κ3) is 4.82. The van der Waals surface area contributed by atoms with Crippen LogP contribution in [0.1, 0.15) is 44.6 Å². The number of halogens is 3.